The van der Waals surface area contributed by atoms with Crippen LogP contribution in [0.4, 0.5) is 5.69 Å². The van der Waals surface area contributed by atoms with Crippen LogP contribution in [0.3, 0.4) is 0 Å². The number of aryl methyl sites for hydroxylation is 3. The van der Waals surface area contributed by atoms with E-state index < -0.39 is 0 Å². The van der Waals surface area contributed by atoms with Crippen LogP contribution in [0.5, 0.6) is 0 Å². The van der Waals surface area contributed by atoms with Gasteiger partial charge in [-0.1, -0.05) is 11.6 Å². The van der Waals surface area contributed by atoms with Crippen LogP contribution in [0.2, 0.25) is 5.02 Å². The van der Waals surface area contributed by atoms with Crippen molar-refractivity contribution in [3.63, 3.8) is 0 Å². The zero-order chi connectivity index (χ0) is 12.7. The normalized spacial score (nSPS) is 11.1. The van der Waals surface area contributed by atoms with Crippen LogP contribution >= 0.6 is 11.6 Å². The summed E-state index contributed by atoms with van der Waals surface area (Å²) >= 11 is 6.15. The van der Waals surface area contributed by atoms with E-state index in [9.17, 15) is 0 Å². The van der Waals surface area contributed by atoms with Crippen LogP contribution in [-0.4, -0.2) is 19.6 Å². The van der Waals surface area contributed by atoms with Crippen LogP contribution in [0.25, 0.3) is 5.82 Å². The van der Waals surface area contributed by atoms with Gasteiger partial charge < -0.3 is 5.73 Å². The SMILES string of the molecule is CCn1nc(C)c(N)c1-n1nc(C)c(Cl)c1C. The van der Waals surface area contributed by atoms with E-state index in [0.717, 1.165) is 29.4 Å². The Hall–Kier alpha value is -1.49. The van der Waals surface area contributed by atoms with E-state index in [1.54, 1.807) is 4.68 Å². The molecule has 0 aliphatic carbocycles. The van der Waals surface area contributed by atoms with E-state index in [-0.39, 0.29) is 0 Å². The standard InChI is InChI=1S/C11H16ClN5/c1-5-16-11(10(13)7(3)14-16)17-8(4)9(12)6(2)15-17/h5,13H2,1-4H3. The van der Waals surface area contributed by atoms with Gasteiger partial charge >= 0.3 is 0 Å². The summed E-state index contributed by atoms with van der Waals surface area (Å²) in [6.45, 7) is 8.44. The topological polar surface area (TPSA) is 61.7 Å². The number of anilines is 1. The second-order valence-electron chi connectivity index (χ2n) is 4.04. The summed E-state index contributed by atoms with van der Waals surface area (Å²) in [5, 5.41) is 9.45. The van der Waals surface area contributed by atoms with E-state index in [0.29, 0.717) is 10.7 Å². The fraction of sp³-hybridized carbons (Fsp3) is 0.455. The molecule has 0 radical (unpaired) electrons. The van der Waals surface area contributed by atoms with E-state index in [1.165, 1.54) is 0 Å². The van der Waals surface area contributed by atoms with Gasteiger partial charge in [0, 0.05) is 6.54 Å². The lowest BCUT2D eigenvalue weighted by Crippen LogP contribution is -2.10. The predicted octanol–water partition coefficient (Wildman–Crippen LogP) is 2.25. The third-order valence-electron chi connectivity index (χ3n) is 2.85. The molecule has 2 aromatic rings. The van der Waals surface area contributed by atoms with Gasteiger partial charge in [0.05, 0.1) is 27.8 Å². The first-order valence-electron chi connectivity index (χ1n) is 5.52. The molecule has 0 amide bonds. The third kappa shape index (κ3) is 1.70. The van der Waals surface area contributed by atoms with E-state index >= 15 is 0 Å². The molecule has 5 nitrogen and oxygen atoms in total. The Morgan fingerprint density at radius 2 is 1.82 bits per heavy atom. The molecule has 0 fully saturated rings. The monoisotopic (exact) mass is 253 g/mol. The third-order valence-corrected chi connectivity index (χ3v) is 3.40. The lowest BCUT2D eigenvalue weighted by atomic mass is 10.3. The molecule has 92 valence electrons. The minimum atomic E-state index is 0.647. The van der Waals surface area contributed by atoms with Crippen molar-refractivity contribution < 1.29 is 0 Å². The van der Waals surface area contributed by atoms with Crippen LogP contribution in [0.15, 0.2) is 0 Å². The van der Waals surface area contributed by atoms with Gasteiger partial charge in [-0.2, -0.15) is 10.2 Å². The molecule has 0 atom stereocenters. The number of rotatable bonds is 2. The molecule has 2 rings (SSSR count). The van der Waals surface area contributed by atoms with Crippen molar-refractivity contribution in [3.8, 4) is 5.82 Å². The average molecular weight is 254 g/mol. The van der Waals surface area contributed by atoms with Crippen LogP contribution in [-0.2, 0) is 6.54 Å². The largest absolute Gasteiger partial charge is 0.394 e. The number of hydrogen-bond donors (Lipinski definition) is 1. The molecule has 6 heteroatoms. The van der Waals surface area contributed by atoms with Gasteiger partial charge in [-0.05, 0) is 27.7 Å². The van der Waals surface area contributed by atoms with E-state index in [1.807, 2.05) is 32.4 Å². The van der Waals surface area contributed by atoms with Gasteiger partial charge in [0.25, 0.3) is 0 Å². The van der Waals surface area contributed by atoms with Crippen molar-refractivity contribution >= 4 is 17.3 Å². The predicted molar refractivity (Wildman–Crippen MR) is 68.7 cm³/mol. The summed E-state index contributed by atoms with van der Waals surface area (Å²) < 4.78 is 3.59. The highest BCUT2D eigenvalue weighted by Crippen LogP contribution is 2.26. The summed E-state index contributed by atoms with van der Waals surface area (Å²) in [7, 11) is 0. The zero-order valence-electron chi connectivity index (χ0n) is 10.5. The highest BCUT2D eigenvalue weighted by Gasteiger charge is 2.18. The minimum absolute atomic E-state index is 0.647. The van der Waals surface area contributed by atoms with Gasteiger partial charge in [-0.15, -0.1) is 0 Å². The van der Waals surface area contributed by atoms with Gasteiger partial charge in [-0.3, -0.25) is 0 Å². The van der Waals surface area contributed by atoms with Crippen LogP contribution in [0, 0.1) is 20.8 Å². The maximum Gasteiger partial charge on any atom is 0.175 e. The number of halogens is 1. The molecule has 0 saturated heterocycles. The van der Waals surface area contributed by atoms with Crippen LogP contribution < -0.4 is 5.73 Å². The second-order valence-corrected chi connectivity index (χ2v) is 4.41. The first-order chi connectivity index (χ1) is 7.97. The summed E-state index contributed by atoms with van der Waals surface area (Å²) in [6, 6.07) is 0. The van der Waals surface area contributed by atoms with Gasteiger partial charge in [0.1, 0.15) is 0 Å². The van der Waals surface area contributed by atoms with Crippen molar-refractivity contribution in [2.75, 3.05) is 5.73 Å². The fourth-order valence-corrected chi connectivity index (χ4v) is 1.97. The molecule has 0 bridgehead atoms. The summed E-state index contributed by atoms with van der Waals surface area (Å²) in [5.74, 6) is 0.789. The molecule has 2 N–H and O–H groups in total. The molecule has 0 unspecified atom stereocenters. The molecular formula is C11H16ClN5. The molecule has 2 aromatic heterocycles. The lowest BCUT2D eigenvalue weighted by Gasteiger charge is -2.07. The Labute approximate surface area is 105 Å². The van der Waals surface area contributed by atoms with Crippen molar-refractivity contribution in [1.29, 1.82) is 0 Å². The van der Waals surface area contributed by atoms with E-state index in [2.05, 4.69) is 10.2 Å². The Kier molecular flexibility index (Phi) is 2.87. The molecule has 0 aliphatic rings. The number of aromatic nitrogens is 4. The molecule has 0 aromatic carbocycles. The Morgan fingerprint density at radius 1 is 1.18 bits per heavy atom. The highest BCUT2D eigenvalue weighted by molar-refractivity contribution is 6.31. The first kappa shape index (κ1) is 12.0. The minimum Gasteiger partial charge on any atom is -0.394 e. The lowest BCUT2D eigenvalue weighted by molar-refractivity contribution is 0.613. The highest BCUT2D eigenvalue weighted by atomic mass is 35.5. The molecular weight excluding hydrogens is 238 g/mol. The Morgan fingerprint density at radius 3 is 2.29 bits per heavy atom. The molecule has 0 spiro atoms. The summed E-state index contributed by atoms with van der Waals surface area (Å²) in [4.78, 5) is 0. The van der Waals surface area contributed by atoms with Crippen molar-refractivity contribution in [2.24, 2.45) is 0 Å². The Bertz CT molecular complexity index is 567. The van der Waals surface area contributed by atoms with Gasteiger partial charge in [0.15, 0.2) is 5.82 Å². The number of hydrogen-bond acceptors (Lipinski definition) is 3. The quantitative estimate of drug-likeness (QED) is 0.893. The van der Waals surface area contributed by atoms with Gasteiger partial charge in [0.2, 0.25) is 0 Å². The summed E-state index contributed by atoms with van der Waals surface area (Å²) in [5.41, 5.74) is 9.19. The average Bonchev–Trinajstić information content (AvgIpc) is 2.72. The van der Waals surface area contributed by atoms with Gasteiger partial charge in [-0.25, -0.2) is 9.36 Å². The smallest absolute Gasteiger partial charge is 0.175 e. The maximum absolute atomic E-state index is 6.15. The first-order valence-corrected chi connectivity index (χ1v) is 5.90. The van der Waals surface area contributed by atoms with Crippen molar-refractivity contribution in [3.05, 3.63) is 22.1 Å². The van der Waals surface area contributed by atoms with Crippen LogP contribution in [0.1, 0.15) is 24.0 Å². The fourth-order valence-electron chi connectivity index (χ4n) is 1.86. The molecule has 0 aliphatic heterocycles. The van der Waals surface area contributed by atoms with Crippen molar-refractivity contribution in [1.82, 2.24) is 19.6 Å². The van der Waals surface area contributed by atoms with E-state index in [4.69, 9.17) is 17.3 Å². The molecule has 0 saturated carbocycles. The summed E-state index contributed by atoms with van der Waals surface area (Å²) in [6.07, 6.45) is 0. The molecule has 2 heterocycles. The maximum atomic E-state index is 6.15. The number of nitrogens with zero attached hydrogens (tertiary/aromatic N) is 4. The van der Waals surface area contributed by atoms with Crippen molar-refractivity contribution in [2.45, 2.75) is 34.2 Å². The Balaban J connectivity index is 2.71. The number of nitrogen functional groups attached to an aromatic ring is 1. The second kappa shape index (κ2) is 4.07. The zero-order valence-corrected chi connectivity index (χ0v) is 11.2. The number of nitrogens with two attached hydrogens (primary N) is 1. The molecule has 17 heavy (non-hydrogen) atoms.